The largest absolute Gasteiger partial charge is 0.497 e. The lowest BCUT2D eigenvalue weighted by molar-refractivity contribution is 0.0627. The van der Waals surface area contributed by atoms with Crippen LogP contribution in [0.15, 0.2) is 47.2 Å². The van der Waals surface area contributed by atoms with Crippen molar-refractivity contribution in [3.05, 3.63) is 58.3 Å². The number of pyridine rings is 1. The lowest BCUT2D eigenvalue weighted by Crippen LogP contribution is -2.48. The van der Waals surface area contributed by atoms with Crippen molar-refractivity contribution >= 4 is 21.8 Å². The van der Waals surface area contributed by atoms with Crippen LogP contribution in [0.5, 0.6) is 5.75 Å². The van der Waals surface area contributed by atoms with Crippen LogP contribution in [0.3, 0.4) is 0 Å². The van der Waals surface area contributed by atoms with Gasteiger partial charge < -0.3 is 9.64 Å². The normalized spacial score (nSPS) is 15.3. The molecule has 1 aliphatic rings. The first-order chi connectivity index (χ1) is 11.7. The van der Waals surface area contributed by atoms with Crippen molar-refractivity contribution in [1.82, 2.24) is 14.8 Å². The molecule has 1 amide bonds. The van der Waals surface area contributed by atoms with E-state index in [1.54, 1.807) is 19.4 Å². The molecule has 1 aromatic carbocycles. The molecule has 0 bridgehead atoms. The van der Waals surface area contributed by atoms with Crippen LogP contribution in [-0.4, -0.2) is 54.0 Å². The third-order valence-corrected chi connectivity index (χ3v) is 4.88. The van der Waals surface area contributed by atoms with Gasteiger partial charge in [0, 0.05) is 49.6 Å². The van der Waals surface area contributed by atoms with Crippen LogP contribution in [0.4, 0.5) is 0 Å². The number of rotatable bonds is 4. The summed E-state index contributed by atoms with van der Waals surface area (Å²) in [5, 5.41) is 0. The molecule has 0 unspecified atom stereocenters. The Bertz CT molecular complexity index is 701. The number of piperazine rings is 1. The van der Waals surface area contributed by atoms with E-state index in [0.29, 0.717) is 11.3 Å². The van der Waals surface area contributed by atoms with E-state index in [0.717, 1.165) is 37.2 Å². The summed E-state index contributed by atoms with van der Waals surface area (Å²) in [7, 11) is 1.61. The lowest BCUT2D eigenvalue weighted by atomic mass is 10.1. The third-order valence-electron chi connectivity index (χ3n) is 4.19. The van der Waals surface area contributed by atoms with Gasteiger partial charge in [-0.1, -0.05) is 6.07 Å². The molecular weight excluding hydrogens is 370 g/mol. The molecule has 5 nitrogen and oxygen atoms in total. The van der Waals surface area contributed by atoms with Crippen LogP contribution >= 0.6 is 15.9 Å². The van der Waals surface area contributed by atoms with Gasteiger partial charge in [-0.3, -0.25) is 14.7 Å². The number of carbonyl (C=O) groups is 1. The van der Waals surface area contributed by atoms with Crippen molar-refractivity contribution in [2.24, 2.45) is 0 Å². The number of benzene rings is 1. The molecular formula is C18H20BrN3O2. The zero-order valence-corrected chi connectivity index (χ0v) is 15.2. The van der Waals surface area contributed by atoms with Gasteiger partial charge in [-0.15, -0.1) is 0 Å². The highest BCUT2D eigenvalue weighted by Crippen LogP contribution is 2.24. The van der Waals surface area contributed by atoms with Gasteiger partial charge in [0.15, 0.2) is 0 Å². The van der Waals surface area contributed by atoms with Gasteiger partial charge in [0.1, 0.15) is 5.75 Å². The molecule has 1 aromatic heterocycles. The number of carbonyl (C=O) groups excluding carboxylic acids is 1. The molecule has 0 saturated carbocycles. The molecule has 126 valence electrons. The Hall–Kier alpha value is -1.92. The standard InChI is InChI=1S/C18H20BrN3O2/c1-24-15-4-5-17(19)16(11-15)18(23)22-9-7-21(8-10-22)13-14-3-2-6-20-12-14/h2-6,11-12H,7-10,13H2,1H3. The molecule has 6 heteroatoms. The van der Waals surface area contributed by atoms with Gasteiger partial charge in [0.05, 0.1) is 12.7 Å². The molecule has 2 aromatic rings. The molecule has 0 atom stereocenters. The first kappa shape index (κ1) is 16.9. The lowest BCUT2D eigenvalue weighted by Gasteiger charge is -2.35. The van der Waals surface area contributed by atoms with Gasteiger partial charge in [-0.05, 0) is 45.8 Å². The van der Waals surface area contributed by atoms with Crippen LogP contribution in [0.2, 0.25) is 0 Å². The summed E-state index contributed by atoms with van der Waals surface area (Å²) in [4.78, 5) is 21.2. The number of hydrogen-bond acceptors (Lipinski definition) is 4. The van der Waals surface area contributed by atoms with Gasteiger partial charge in [0.25, 0.3) is 5.91 Å². The topological polar surface area (TPSA) is 45.7 Å². The monoisotopic (exact) mass is 389 g/mol. The minimum atomic E-state index is 0.0433. The first-order valence-corrected chi connectivity index (χ1v) is 8.71. The quantitative estimate of drug-likeness (QED) is 0.806. The zero-order valence-electron chi connectivity index (χ0n) is 13.6. The highest BCUT2D eigenvalue weighted by molar-refractivity contribution is 9.10. The summed E-state index contributed by atoms with van der Waals surface area (Å²) in [5.41, 5.74) is 1.85. The fraction of sp³-hybridized carbons (Fsp3) is 0.333. The van der Waals surface area contributed by atoms with Crippen LogP contribution in [0, 0.1) is 0 Å². The minimum absolute atomic E-state index is 0.0433. The van der Waals surface area contributed by atoms with E-state index in [1.165, 1.54) is 5.56 Å². The number of aromatic nitrogens is 1. The Morgan fingerprint density at radius 3 is 2.71 bits per heavy atom. The summed E-state index contributed by atoms with van der Waals surface area (Å²) in [6.45, 7) is 4.05. The summed E-state index contributed by atoms with van der Waals surface area (Å²) in [5.74, 6) is 0.735. The van der Waals surface area contributed by atoms with Gasteiger partial charge in [-0.25, -0.2) is 0 Å². The molecule has 1 aliphatic heterocycles. The average Bonchev–Trinajstić information content (AvgIpc) is 2.63. The Morgan fingerprint density at radius 1 is 1.25 bits per heavy atom. The van der Waals surface area contributed by atoms with Crippen LogP contribution in [0.1, 0.15) is 15.9 Å². The fourth-order valence-electron chi connectivity index (χ4n) is 2.82. The molecule has 0 aliphatic carbocycles. The number of amides is 1. The van der Waals surface area contributed by atoms with Crippen molar-refractivity contribution < 1.29 is 9.53 Å². The van der Waals surface area contributed by atoms with Crippen LogP contribution in [-0.2, 0) is 6.54 Å². The Labute approximate surface area is 150 Å². The number of methoxy groups -OCH3 is 1. The molecule has 0 spiro atoms. The minimum Gasteiger partial charge on any atom is -0.497 e. The molecule has 0 N–H and O–H groups in total. The van der Waals surface area contributed by atoms with Crippen molar-refractivity contribution in [1.29, 1.82) is 0 Å². The van der Waals surface area contributed by atoms with E-state index in [2.05, 4.69) is 31.9 Å². The van der Waals surface area contributed by atoms with Crippen LogP contribution in [0.25, 0.3) is 0 Å². The van der Waals surface area contributed by atoms with Crippen molar-refractivity contribution in [3.8, 4) is 5.75 Å². The maximum absolute atomic E-state index is 12.8. The molecule has 2 heterocycles. The number of halogens is 1. The molecule has 1 saturated heterocycles. The molecule has 24 heavy (non-hydrogen) atoms. The highest BCUT2D eigenvalue weighted by Gasteiger charge is 2.23. The fourth-order valence-corrected chi connectivity index (χ4v) is 3.24. The second-order valence-corrected chi connectivity index (χ2v) is 6.63. The molecule has 3 rings (SSSR count). The van der Waals surface area contributed by atoms with E-state index in [4.69, 9.17) is 4.74 Å². The smallest absolute Gasteiger partial charge is 0.255 e. The Kier molecular flexibility index (Phi) is 5.48. The summed E-state index contributed by atoms with van der Waals surface area (Å²) < 4.78 is 6.02. The van der Waals surface area contributed by atoms with Gasteiger partial charge in [-0.2, -0.15) is 0 Å². The predicted octanol–water partition coefficient (Wildman–Crippen LogP) is 2.81. The predicted molar refractivity (Wildman–Crippen MR) is 96.1 cm³/mol. The average molecular weight is 390 g/mol. The van der Waals surface area contributed by atoms with E-state index in [9.17, 15) is 4.79 Å². The SMILES string of the molecule is COc1ccc(Br)c(C(=O)N2CCN(Cc3cccnc3)CC2)c1. The Morgan fingerprint density at radius 2 is 2.04 bits per heavy atom. The first-order valence-electron chi connectivity index (χ1n) is 7.91. The second kappa shape index (κ2) is 7.77. The third kappa shape index (κ3) is 3.94. The second-order valence-electron chi connectivity index (χ2n) is 5.78. The summed E-state index contributed by atoms with van der Waals surface area (Å²) in [6, 6.07) is 9.51. The van der Waals surface area contributed by atoms with E-state index in [-0.39, 0.29) is 5.91 Å². The number of hydrogen-bond donors (Lipinski definition) is 0. The molecule has 1 fully saturated rings. The summed E-state index contributed by atoms with van der Waals surface area (Å²) in [6.07, 6.45) is 3.68. The maximum atomic E-state index is 12.8. The number of ether oxygens (including phenoxy) is 1. The zero-order chi connectivity index (χ0) is 16.9. The van der Waals surface area contributed by atoms with E-state index in [1.807, 2.05) is 29.3 Å². The van der Waals surface area contributed by atoms with Gasteiger partial charge >= 0.3 is 0 Å². The van der Waals surface area contributed by atoms with Crippen molar-refractivity contribution in [3.63, 3.8) is 0 Å². The van der Waals surface area contributed by atoms with Crippen molar-refractivity contribution in [2.45, 2.75) is 6.54 Å². The van der Waals surface area contributed by atoms with E-state index >= 15 is 0 Å². The molecule has 0 radical (unpaired) electrons. The Balaban J connectivity index is 1.61. The summed E-state index contributed by atoms with van der Waals surface area (Å²) >= 11 is 3.46. The maximum Gasteiger partial charge on any atom is 0.255 e. The van der Waals surface area contributed by atoms with Gasteiger partial charge in [0.2, 0.25) is 0 Å². The highest BCUT2D eigenvalue weighted by atomic mass is 79.9. The van der Waals surface area contributed by atoms with Crippen molar-refractivity contribution in [2.75, 3.05) is 33.3 Å². The van der Waals surface area contributed by atoms with E-state index < -0.39 is 0 Å². The van der Waals surface area contributed by atoms with Crippen LogP contribution < -0.4 is 4.74 Å². The number of nitrogens with zero attached hydrogens (tertiary/aromatic N) is 3.